The fourth-order valence-corrected chi connectivity index (χ4v) is 4.56. The average molecular weight is 430 g/mol. The smallest absolute Gasteiger partial charge is 0.244 e. The molecule has 11 heteroatoms. The molecule has 0 aliphatic heterocycles. The maximum absolute atomic E-state index is 12.3. The Bertz CT molecular complexity index is 970. The summed E-state index contributed by atoms with van der Waals surface area (Å²) in [4.78, 5) is 12.2. The van der Waals surface area contributed by atoms with Crippen LogP contribution in [0.4, 0.5) is 5.69 Å². The fourth-order valence-electron chi connectivity index (χ4n) is 2.45. The van der Waals surface area contributed by atoms with Gasteiger partial charge >= 0.3 is 0 Å². The lowest BCUT2D eigenvalue weighted by Crippen LogP contribution is -2.23. The van der Waals surface area contributed by atoms with Gasteiger partial charge in [0.25, 0.3) is 0 Å². The minimum atomic E-state index is -3.70. The van der Waals surface area contributed by atoms with Crippen molar-refractivity contribution in [3.8, 4) is 0 Å². The number of benzene rings is 1. The summed E-state index contributed by atoms with van der Waals surface area (Å²) in [6.45, 7) is 0. The topological polar surface area (TPSA) is 97.2 Å². The van der Waals surface area contributed by atoms with Gasteiger partial charge in [0.15, 0.2) is 5.16 Å². The Morgan fingerprint density at radius 3 is 2.70 bits per heavy atom. The number of halogens is 1. The van der Waals surface area contributed by atoms with E-state index >= 15 is 0 Å². The molecule has 1 amide bonds. The van der Waals surface area contributed by atoms with E-state index in [-0.39, 0.29) is 21.6 Å². The molecule has 1 aliphatic rings. The summed E-state index contributed by atoms with van der Waals surface area (Å²) in [6.07, 6.45) is 2.26. The summed E-state index contributed by atoms with van der Waals surface area (Å²) in [5.41, 5.74) is 0.363. The Morgan fingerprint density at radius 1 is 1.37 bits per heavy atom. The molecule has 1 aliphatic carbocycles. The van der Waals surface area contributed by atoms with Gasteiger partial charge in [-0.3, -0.25) is 4.79 Å². The van der Waals surface area contributed by atoms with E-state index in [9.17, 15) is 13.2 Å². The molecule has 8 nitrogen and oxygen atoms in total. The molecule has 1 heterocycles. The van der Waals surface area contributed by atoms with Crippen LogP contribution in [0, 0.1) is 0 Å². The quantitative estimate of drug-likeness (QED) is 0.678. The Kier molecular flexibility index (Phi) is 5.80. The zero-order chi connectivity index (χ0) is 19.8. The standard InChI is InChI=1S/C16H20ClN5O3S2/c1-21(2)27(24,25)13-8-11(6-7-12(13)17)18-14(23)9-26-16-20-19-15(22(16)3)10-4-5-10/h6-8,10H,4-5,9H2,1-3H3,(H,18,23). The van der Waals surface area contributed by atoms with E-state index in [4.69, 9.17) is 11.6 Å². The number of thioether (sulfide) groups is 1. The number of aromatic nitrogens is 3. The van der Waals surface area contributed by atoms with Crippen molar-refractivity contribution in [1.29, 1.82) is 0 Å². The maximum atomic E-state index is 12.3. The summed E-state index contributed by atoms with van der Waals surface area (Å²) in [5.74, 6) is 1.30. The molecule has 0 radical (unpaired) electrons. The van der Waals surface area contributed by atoms with Gasteiger partial charge in [-0.25, -0.2) is 12.7 Å². The Morgan fingerprint density at radius 2 is 2.07 bits per heavy atom. The van der Waals surface area contributed by atoms with Gasteiger partial charge in [-0.2, -0.15) is 0 Å². The molecule has 1 aromatic carbocycles. The number of carbonyl (C=O) groups is 1. The molecule has 0 bridgehead atoms. The summed E-state index contributed by atoms with van der Waals surface area (Å²) < 4.78 is 27.6. The Hall–Kier alpha value is -1.62. The van der Waals surface area contributed by atoms with Crippen LogP contribution in [0.25, 0.3) is 0 Å². The molecule has 1 N–H and O–H groups in total. The normalized spacial score (nSPS) is 14.6. The highest BCUT2D eigenvalue weighted by molar-refractivity contribution is 7.99. The number of nitrogens with one attached hydrogen (secondary N) is 1. The van der Waals surface area contributed by atoms with E-state index in [0.29, 0.717) is 16.8 Å². The van der Waals surface area contributed by atoms with Crippen molar-refractivity contribution in [2.45, 2.75) is 28.8 Å². The maximum Gasteiger partial charge on any atom is 0.244 e. The molecule has 3 rings (SSSR count). The highest BCUT2D eigenvalue weighted by Gasteiger charge is 2.29. The van der Waals surface area contributed by atoms with Gasteiger partial charge in [0.1, 0.15) is 10.7 Å². The summed E-state index contributed by atoms with van der Waals surface area (Å²) >= 11 is 7.30. The van der Waals surface area contributed by atoms with Crippen LogP contribution >= 0.6 is 23.4 Å². The van der Waals surface area contributed by atoms with Gasteiger partial charge in [0, 0.05) is 32.7 Å². The van der Waals surface area contributed by atoms with Gasteiger partial charge in [-0.15, -0.1) is 10.2 Å². The molecule has 0 atom stereocenters. The van der Waals surface area contributed by atoms with Crippen molar-refractivity contribution < 1.29 is 13.2 Å². The number of nitrogens with zero attached hydrogens (tertiary/aromatic N) is 4. The summed E-state index contributed by atoms with van der Waals surface area (Å²) in [6, 6.07) is 4.37. The molecule has 0 unspecified atom stereocenters. The minimum Gasteiger partial charge on any atom is -0.325 e. The van der Waals surface area contributed by atoms with Gasteiger partial charge in [0.2, 0.25) is 15.9 Å². The molecule has 1 saturated carbocycles. The first-order valence-corrected chi connectivity index (χ1v) is 11.0. The van der Waals surface area contributed by atoms with E-state index in [0.717, 1.165) is 23.0 Å². The number of hydrogen-bond acceptors (Lipinski definition) is 6. The van der Waals surface area contributed by atoms with E-state index < -0.39 is 10.0 Å². The number of carbonyl (C=O) groups excluding carboxylic acids is 1. The molecular formula is C16H20ClN5O3S2. The van der Waals surface area contributed by atoms with Gasteiger partial charge in [-0.1, -0.05) is 23.4 Å². The molecule has 1 fully saturated rings. The minimum absolute atomic E-state index is 0.0537. The lowest BCUT2D eigenvalue weighted by atomic mass is 10.3. The van der Waals surface area contributed by atoms with Gasteiger partial charge in [0.05, 0.1) is 10.8 Å². The molecular weight excluding hydrogens is 410 g/mol. The van der Waals surface area contributed by atoms with Gasteiger partial charge < -0.3 is 9.88 Å². The SMILES string of the molecule is CN(C)S(=O)(=O)c1cc(NC(=O)CSc2nnc(C3CC3)n2C)ccc1Cl. The number of amides is 1. The second-order valence-electron chi connectivity index (χ2n) is 6.44. The van der Waals surface area contributed by atoms with Crippen LogP contribution < -0.4 is 5.32 Å². The van der Waals surface area contributed by atoms with Crippen LogP contribution in [0.15, 0.2) is 28.3 Å². The number of sulfonamides is 1. The molecule has 27 heavy (non-hydrogen) atoms. The third kappa shape index (κ3) is 4.45. The second kappa shape index (κ2) is 7.78. The predicted octanol–water partition coefficient (Wildman–Crippen LogP) is 2.33. The van der Waals surface area contributed by atoms with E-state index in [1.54, 1.807) is 6.07 Å². The third-order valence-electron chi connectivity index (χ3n) is 4.12. The van der Waals surface area contributed by atoms with Crippen LogP contribution in [-0.4, -0.2) is 53.2 Å². The van der Waals surface area contributed by atoms with E-state index in [1.165, 1.54) is 38.0 Å². The number of rotatable bonds is 7. The highest BCUT2D eigenvalue weighted by atomic mass is 35.5. The monoisotopic (exact) mass is 429 g/mol. The first-order valence-electron chi connectivity index (χ1n) is 8.24. The van der Waals surface area contributed by atoms with Crippen molar-refractivity contribution in [3.63, 3.8) is 0 Å². The second-order valence-corrected chi connectivity index (χ2v) is 9.91. The zero-order valence-corrected chi connectivity index (χ0v) is 17.5. The molecule has 1 aromatic heterocycles. The lowest BCUT2D eigenvalue weighted by Gasteiger charge is -2.14. The zero-order valence-electron chi connectivity index (χ0n) is 15.1. The summed E-state index contributed by atoms with van der Waals surface area (Å²) in [5, 5.41) is 11.8. The summed E-state index contributed by atoms with van der Waals surface area (Å²) in [7, 11) is 1.03. The van der Waals surface area contributed by atoms with Crippen LogP contribution in [0.5, 0.6) is 0 Å². The molecule has 0 saturated heterocycles. The van der Waals surface area contributed by atoms with Crippen molar-refractivity contribution in [3.05, 3.63) is 29.0 Å². The predicted molar refractivity (Wildman–Crippen MR) is 105 cm³/mol. The first-order chi connectivity index (χ1) is 12.7. The first kappa shape index (κ1) is 20.1. The van der Waals surface area contributed by atoms with E-state index in [1.807, 2.05) is 11.6 Å². The average Bonchev–Trinajstić information content (AvgIpc) is 3.38. The van der Waals surface area contributed by atoms with Crippen LogP contribution in [0.1, 0.15) is 24.6 Å². The lowest BCUT2D eigenvalue weighted by molar-refractivity contribution is -0.113. The van der Waals surface area contributed by atoms with Crippen molar-refractivity contribution >= 4 is 45.0 Å². The van der Waals surface area contributed by atoms with E-state index in [2.05, 4.69) is 15.5 Å². The molecule has 2 aromatic rings. The Labute approximate surface area is 167 Å². The Balaban J connectivity index is 1.66. The van der Waals surface area contributed by atoms with Crippen LogP contribution in [-0.2, 0) is 21.9 Å². The highest BCUT2D eigenvalue weighted by Crippen LogP contribution is 2.39. The van der Waals surface area contributed by atoms with Crippen LogP contribution in [0.3, 0.4) is 0 Å². The fraction of sp³-hybridized carbons (Fsp3) is 0.438. The van der Waals surface area contributed by atoms with Crippen LogP contribution in [0.2, 0.25) is 5.02 Å². The third-order valence-corrected chi connectivity index (χ3v) is 7.43. The van der Waals surface area contributed by atoms with Crippen molar-refractivity contribution in [2.24, 2.45) is 7.05 Å². The number of hydrogen-bond donors (Lipinski definition) is 1. The molecule has 0 spiro atoms. The van der Waals surface area contributed by atoms with Crippen molar-refractivity contribution in [1.82, 2.24) is 19.1 Å². The molecule has 146 valence electrons. The van der Waals surface area contributed by atoms with Gasteiger partial charge in [-0.05, 0) is 31.0 Å². The number of anilines is 1. The van der Waals surface area contributed by atoms with Crippen molar-refractivity contribution in [2.75, 3.05) is 25.2 Å². The largest absolute Gasteiger partial charge is 0.325 e.